The molecule has 2 aliphatic heterocycles. The Labute approximate surface area is 255 Å². The van der Waals surface area contributed by atoms with E-state index in [2.05, 4.69) is 0 Å². The van der Waals surface area contributed by atoms with Gasteiger partial charge in [-0.3, -0.25) is 4.79 Å². The zero-order valence-electron chi connectivity index (χ0n) is 25.3. The summed E-state index contributed by atoms with van der Waals surface area (Å²) in [6.07, 6.45) is 2.44. The first kappa shape index (κ1) is 31.9. The second-order valence-corrected chi connectivity index (χ2v) is 14.5. The van der Waals surface area contributed by atoms with Gasteiger partial charge >= 0.3 is 5.97 Å². The van der Waals surface area contributed by atoms with E-state index in [1.54, 1.807) is 12.1 Å². The second-order valence-electron chi connectivity index (χ2n) is 12.5. The highest BCUT2D eigenvalue weighted by Gasteiger charge is 2.53. The molecular formula is C33H45NO8S. The minimum absolute atomic E-state index is 0.0203. The Balaban J connectivity index is 1.32. The summed E-state index contributed by atoms with van der Waals surface area (Å²) in [5, 5.41) is 11.6. The van der Waals surface area contributed by atoms with Gasteiger partial charge in [-0.2, -0.15) is 4.31 Å². The molecule has 1 saturated carbocycles. The van der Waals surface area contributed by atoms with Crippen LogP contribution in [0, 0.1) is 23.7 Å². The van der Waals surface area contributed by atoms with Crippen LogP contribution < -0.4 is 4.74 Å². The summed E-state index contributed by atoms with van der Waals surface area (Å²) in [6.45, 7) is 4.62. The number of esters is 1. The number of methoxy groups -OCH3 is 1. The van der Waals surface area contributed by atoms with Gasteiger partial charge in [-0.15, -0.1) is 0 Å². The van der Waals surface area contributed by atoms with Crippen LogP contribution in [0.3, 0.4) is 0 Å². The number of ether oxygens (including phenoxy) is 4. The molecule has 3 unspecified atom stereocenters. The van der Waals surface area contributed by atoms with Crippen molar-refractivity contribution in [3.8, 4) is 5.75 Å². The lowest BCUT2D eigenvalue weighted by Gasteiger charge is -2.35. The van der Waals surface area contributed by atoms with E-state index >= 15 is 0 Å². The molecule has 3 aliphatic rings. The molecular weight excluding hydrogens is 570 g/mol. The maximum absolute atomic E-state index is 13.7. The van der Waals surface area contributed by atoms with Gasteiger partial charge in [0.05, 0.1) is 37.2 Å². The van der Waals surface area contributed by atoms with Gasteiger partial charge < -0.3 is 24.1 Å². The molecule has 3 fully saturated rings. The topological polar surface area (TPSA) is 112 Å². The Morgan fingerprint density at radius 1 is 1.05 bits per heavy atom. The smallest absolute Gasteiger partial charge is 0.306 e. The first-order valence-corrected chi connectivity index (χ1v) is 16.9. The molecule has 1 aliphatic carbocycles. The van der Waals surface area contributed by atoms with E-state index in [4.69, 9.17) is 18.9 Å². The van der Waals surface area contributed by atoms with E-state index in [-0.39, 0.29) is 66.6 Å². The predicted molar refractivity (Wildman–Crippen MR) is 161 cm³/mol. The van der Waals surface area contributed by atoms with Crippen LogP contribution in [0.2, 0.25) is 0 Å². The highest BCUT2D eigenvalue weighted by atomic mass is 32.2. The van der Waals surface area contributed by atoms with Crippen LogP contribution >= 0.6 is 0 Å². The van der Waals surface area contributed by atoms with Gasteiger partial charge in [-0.05, 0) is 67.9 Å². The molecule has 10 heteroatoms. The van der Waals surface area contributed by atoms with Crippen LogP contribution in [0.4, 0.5) is 0 Å². The Bertz CT molecular complexity index is 1300. The van der Waals surface area contributed by atoms with Crippen molar-refractivity contribution in [1.82, 2.24) is 4.31 Å². The van der Waals surface area contributed by atoms with Crippen molar-refractivity contribution < 1.29 is 37.3 Å². The van der Waals surface area contributed by atoms with Crippen molar-refractivity contribution in [3.05, 3.63) is 60.2 Å². The molecule has 0 spiro atoms. The van der Waals surface area contributed by atoms with Crippen LogP contribution in [0.15, 0.2) is 59.5 Å². The third-order valence-electron chi connectivity index (χ3n) is 8.98. The van der Waals surface area contributed by atoms with E-state index in [1.807, 2.05) is 44.2 Å². The fourth-order valence-corrected chi connectivity index (χ4v) is 8.50. The third-order valence-corrected chi connectivity index (χ3v) is 10.8. The van der Waals surface area contributed by atoms with E-state index in [0.29, 0.717) is 18.8 Å². The van der Waals surface area contributed by atoms with E-state index in [9.17, 15) is 18.3 Å². The molecule has 1 N–H and O–H groups in total. The van der Waals surface area contributed by atoms with Crippen LogP contribution in [-0.2, 0) is 35.4 Å². The summed E-state index contributed by atoms with van der Waals surface area (Å²) < 4.78 is 52.0. The van der Waals surface area contributed by atoms with E-state index < -0.39 is 22.0 Å². The summed E-state index contributed by atoms with van der Waals surface area (Å²) in [7, 11) is -2.39. The molecule has 2 aromatic rings. The summed E-state index contributed by atoms with van der Waals surface area (Å²) in [4.78, 5) is 13.6. The van der Waals surface area contributed by atoms with Crippen molar-refractivity contribution in [2.45, 2.75) is 81.9 Å². The molecule has 0 aromatic heterocycles. The lowest BCUT2D eigenvalue weighted by atomic mass is 9.77. The highest BCUT2D eigenvalue weighted by molar-refractivity contribution is 7.89. The molecule has 236 valence electrons. The fourth-order valence-electron chi connectivity index (χ4n) is 6.88. The number of sulfonamides is 1. The second kappa shape index (κ2) is 14.1. The number of fused-ring (bicyclic) bond motifs is 3. The standard InChI is InChI=1S/C33H45NO8S/c1-22(2)20-34(43(37,38)26-14-12-25(39-3)13-15-26)21-28(35)24(18-23-8-5-4-6-9-23)19-31(36)41-29-10-7-11-30-32(29)27-16-17-40-33(27)42-30/h4-6,8-9,12-15,22,24,27-30,32-33,35H,7,10-11,16-21H2,1-3H3/t24-,27+,28-,29?,30?,32?,33-/m1/s1. The molecule has 43 heavy (non-hydrogen) atoms. The zero-order chi connectivity index (χ0) is 30.6. The number of rotatable bonds is 13. The molecule has 9 nitrogen and oxygen atoms in total. The molecule has 2 heterocycles. The van der Waals surface area contributed by atoms with Gasteiger partial charge in [0.15, 0.2) is 6.29 Å². The Morgan fingerprint density at radius 2 is 1.79 bits per heavy atom. The van der Waals surface area contributed by atoms with Crippen LogP contribution in [0.5, 0.6) is 5.75 Å². The number of benzene rings is 2. The highest BCUT2D eigenvalue weighted by Crippen LogP contribution is 2.47. The maximum Gasteiger partial charge on any atom is 0.306 e. The number of nitrogens with zero attached hydrogens (tertiary/aromatic N) is 1. The summed E-state index contributed by atoms with van der Waals surface area (Å²) in [5.41, 5.74) is 0.959. The van der Waals surface area contributed by atoms with Crippen molar-refractivity contribution in [3.63, 3.8) is 0 Å². The average Bonchev–Trinajstić information content (AvgIpc) is 3.59. The Hall–Kier alpha value is -2.50. The summed E-state index contributed by atoms with van der Waals surface area (Å²) in [5.74, 6) is 0.0218. The zero-order valence-corrected chi connectivity index (χ0v) is 26.2. The monoisotopic (exact) mass is 615 g/mol. The number of carbonyl (C=O) groups excluding carboxylic acids is 1. The lowest BCUT2D eigenvalue weighted by Crippen LogP contribution is -2.43. The van der Waals surface area contributed by atoms with Crippen molar-refractivity contribution in [2.24, 2.45) is 23.7 Å². The van der Waals surface area contributed by atoms with Crippen LogP contribution in [0.25, 0.3) is 0 Å². The van der Waals surface area contributed by atoms with Gasteiger partial charge in [-0.25, -0.2) is 8.42 Å². The van der Waals surface area contributed by atoms with E-state index in [1.165, 1.54) is 23.5 Å². The summed E-state index contributed by atoms with van der Waals surface area (Å²) >= 11 is 0. The van der Waals surface area contributed by atoms with Gasteiger partial charge in [0.25, 0.3) is 0 Å². The largest absolute Gasteiger partial charge is 0.497 e. The maximum atomic E-state index is 13.7. The molecule has 0 bridgehead atoms. The molecule has 5 rings (SSSR count). The van der Waals surface area contributed by atoms with Crippen LogP contribution in [-0.4, -0.2) is 75.2 Å². The van der Waals surface area contributed by atoms with E-state index in [0.717, 1.165) is 31.2 Å². The van der Waals surface area contributed by atoms with Crippen molar-refractivity contribution in [1.29, 1.82) is 0 Å². The number of hydrogen-bond donors (Lipinski definition) is 1. The number of hydrogen-bond acceptors (Lipinski definition) is 8. The van der Waals surface area contributed by atoms with Crippen molar-refractivity contribution in [2.75, 3.05) is 26.8 Å². The molecule has 0 amide bonds. The lowest BCUT2D eigenvalue weighted by molar-refractivity contribution is -0.160. The number of carbonyl (C=O) groups is 1. The van der Waals surface area contributed by atoms with Gasteiger partial charge in [-0.1, -0.05) is 44.2 Å². The predicted octanol–water partition coefficient (Wildman–Crippen LogP) is 4.43. The van der Waals surface area contributed by atoms with Gasteiger partial charge in [0.1, 0.15) is 11.9 Å². The van der Waals surface area contributed by atoms with Gasteiger partial charge in [0.2, 0.25) is 10.0 Å². The van der Waals surface area contributed by atoms with Crippen molar-refractivity contribution >= 4 is 16.0 Å². The SMILES string of the molecule is COc1ccc(S(=O)(=O)N(CC(C)C)C[C@@H](O)[C@@H](CC(=O)OC2CCCC3O[C@H]4OCC[C@H]4C23)Cc2ccccc2)cc1. The minimum Gasteiger partial charge on any atom is -0.497 e. The first-order valence-electron chi connectivity index (χ1n) is 15.5. The fraction of sp³-hybridized carbons (Fsp3) is 0.606. The minimum atomic E-state index is -3.92. The average molecular weight is 616 g/mol. The molecule has 7 atom stereocenters. The molecule has 2 saturated heterocycles. The summed E-state index contributed by atoms with van der Waals surface area (Å²) in [6, 6.07) is 15.9. The molecule has 2 aromatic carbocycles. The molecule has 0 radical (unpaired) electrons. The number of aliphatic hydroxyl groups excluding tert-OH is 1. The first-order chi connectivity index (χ1) is 20.7. The Morgan fingerprint density at radius 3 is 2.49 bits per heavy atom. The normalized spacial score (nSPS) is 26.6. The van der Waals surface area contributed by atoms with Gasteiger partial charge in [0, 0.05) is 30.8 Å². The van der Waals surface area contributed by atoms with Crippen LogP contribution in [0.1, 0.15) is 51.5 Å². The third kappa shape index (κ3) is 7.60. The number of aliphatic hydroxyl groups is 1. The Kier molecular flexibility index (Phi) is 10.4. The quantitative estimate of drug-likeness (QED) is 0.330.